The van der Waals surface area contributed by atoms with E-state index in [1.54, 1.807) is 73.8 Å². The van der Waals surface area contributed by atoms with E-state index in [2.05, 4.69) is 12.2 Å². The Morgan fingerprint density at radius 2 is 1.11 bits per heavy atom. The molecule has 0 saturated carbocycles. The number of ether oxygens (including phenoxy) is 2. The van der Waals surface area contributed by atoms with Crippen LogP contribution in [0.1, 0.15) is 53.5 Å². The van der Waals surface area contributed by atoms with E-state index < -0.39 is 18.8 Å². The summed E-state index contributed by atoms with van der Waals surface area (Å²) >= 11 is 0. The maximum atomic E-state index is 14.5. The number of benzene rings is 7. The second-order valence-electron chi connectivity index (χ2n) is 15.6. The van der Waals surface area contributed by atoms with Gasteiger partial charge in [0.1, 0.15) is 11.5 Å². The summed E-state index contributed by atoms with van der Waals surface area (Å²) in [6, 6.07) is 59.3. The molecule has 1 radical (unpaired) electrons. The molecule has 0 spiro atoms. The van der Waals surface area contributed by atoms with Gasteiger partial charge in [-0.3, -0.25) is 18.9 Å². The van der Waals surface area contributed by atoms with Crippen molar-refractivity contribution in [1.29, 1.82) is 0 Å². The fraction of sp³-hybridized carbons (Fsp3) is 0.164. The van der Waals surface area contributed by atoms with Crippen molar-refractivity contribution >= 4 is 35.5 Å². The zero-order valence-electron chi connectivity index (χ0n) is 36.4. The summed E-state index contributed by atoms with van der Waals surface area (Å²) in [5.41, 5.74) is 3.49. The van der Waals surface area contributed by atoms with E-state index in [0.29, 0.717) is 39.0 Å². The average molecular weight is 958 g/mol. The van der Waals surface area contributed by atoms with E-state index in [0.717, 1.165) is 16.7 Å². The fourth-order valence-electron chi connectivity index (χ4n) is 7.96. The van der Waals surface area contributed by atoms with Gasteiger partial charge in [0.25, 0.3) is 0 Å². The van der Waals surface area contributed by atoms with Gasteiger partial charge in [0, 0.05) is 57.7 Å². The minimum absolute atomic E-state index is 0. The van der Waals surface area contributed by atoms with E-state index in [4.69, 9.17) is 14.0 Å². The Morgan fingerprint density at radius 1 is 0.631 bits per heavy atom. The summed E-state index contributed by atoms with van der Waals surface area (Å²) in [7, 11) is -1.97. The summed E-state index contributed by atoms with van der Waals surface area (Å²) in [6.07, 6.45) is 0.226. The van der Waals surface area contributed by atoms with Gasteiger partial charge in [-0.25, -0.2) is 0 Å². The normalized spacial score (nSPS) is 11.6. The first-order valence-corrected chi connectivity index (χ1v) is 22.9. The van der Waals surface area contributed by atoms with E-state index in [-0.39, 0.29) is 88.9 Å². The molecule has 0 aliphatic heterocycles. The van der Waals surface area contributed by atoms with Gasteiger partial charge < -0.3 is 19.3 Å². The molecular formula is C55H51NO7PY-. The molecule has 0 bridgehead atoms. The van der Waals surface area contributed by atoms with Crippen molar-refractivity contribution in [1.82, 2.24) is 5.32 Å². The van der Waals surface area contributed by atoms with Crippen LogP contribution in [0.15, 0.2) is 194 Å². The number of carbonyl (C=O) groups excluding carboxylic acids is 3. The zero-order valence-corrected chi connectivity index (χ0v) is 40.1. The molecule has 65 heavy (non-hydrogen) atoms. The second-order valence-corrected chi connectivity index (χ2v) is 17.9. The molecule has 0 heterocycles. The van der Waals surface area contributed by atoms with Crippen LogP contribution in [0.5, 0.6) is 17.2 Å². The summed E-state index contributed by atoms with van der Waals surface area (Å²) in [4.78, 5) is 42.2. The Balaban J connectivity index is 0.00000700. The number of Topliss-reactive ketones (excluding diaryl/α,β-unsaturated/α-hetero) is 2. The van der Waals surface area contributed by atoms with Gasteiger partial charge in [0.2, 0.25) is 5.91 Å². The molecule has 0 aromatic heterocycles. The predicted octanol–water partition coefficient (Wildman–Crippen LogP) is 10.0. The van der Waals surface area contributed by atoms with Crippen molar-refractivity contribution in [3.63, 3.8) is 0 Å². The molecule has 7 aromatic carbocycles. The van der Waals surface area contributed by atoms with Crippen LogP contribution in [0.2, 0.25) is 0 Å². The van der Waals surface area contributed by atoms with Crippen molar-refractivity contribution in [3.05, 3.63) is 229 Å². The van der Waals surface area contributed by atoms with Crippen molar-refractivity contribution < 1.29 is 65.7 Å². The van der Waals surface area contributed by atoms with Gasteiger partial charge in [0.05, 0.1) is 48.0 Å². The van der Waals surface area contributed by atoms with Gasteiger partial charge in [-0.1, -0.05) is 146 Å². The Kier molecular flexibility index (Phi) is 17.3. The monoisotopic (exact) mass is 957 g/mol. The fourth-order valence-corrected chi connectivity index (χ4v) is 10.0. The first-order valence-electron chi connectivity index (χ1n) is 21.3. The maximum absolute atomic E-state index is 14.5. The zero-order chi connectivity index (χ0) is 44.8. The minimum Gasteiger partial charge on any atom is -0.553 e. The molecule has 0 aliphatic rings. The van der Waals surface area contributed by atoms with E-state index >= 15 is 0 Å². The van der Waals surface area contributed by atoms with Gasteiger partial charge >= 0.3 is 7.37 Å². The molecule has 0 saturated heterocycles. The van der Waals surface area contributed by atoms with E-state index in [9.17, 15) is 18.9 Å². The molecule has 1 amide bonds. The van der Waals surface area contributed by atoms with E-state index in [1.165, 1.54) is 0 Å². The minimum atomic E-state index is -3.51. The van der Waals surface area contributed by atoms with Crippen LogP contribution in [0, 0.1) is 6.92 Å². The molecule has 1 unspecified atom stereocenters. The van der Waals surface area contributed by atoms with Gasteiger partial charge in [0.15, 0.2) is 5.78 Å². The van der Waals surface area contributed by atoms with Crippen LogP contribution in [-0.2, 0) is 63.5 Å². The van der Waals surface area contributed by atoms with Crippen LogP contribution in [0.3, 0.4) is 0 Å². The summed E-state index contributed by atoms with van der Waals surface area (Å²) in [5, 5.41) is 4.05. The Hall–Kier alpha value is -6.05. The Morgan fingerprint density at radius 3 is 1.60 bits per heavy atom. The van der Waals surface area contributed by atoms with Crippen LogP contribution in [-0.4, -0.2) is 37.2 Å². The first kappa shape index (κ1) is 48.4. The smallest absolute Gasteiger partial charge is 0.306 e. The van der Waals surface area contributed by atoms with E-state index in [1.807, 2.05) is 127 Å². The van der Waals surface area contributed by atoms with Crippen LogP contribution in [0.25, 0.3) is 0 Å². The number of hydrogen-bond donors (Lipinski definition) is 1. The molecule has 0 aliphatic carbocycles. The molecule has 8 nitrogen and oxygen atoms in total. The number of hydrogen-bond acceptors (Lipinski definition) is 7. The molecule has 10 heteroatoms. The second kappa shape index (κ2) is 23.2. The summed E-state index contributed by atoms with van der Waals surface area (Å²) in [5.74, 6) is 0.757. The third-order valence-corrected chi connectivity index (χ3v) is 13.7. The summed E-state index contributed by atoms with van der Waals surface area (Å²) < 4.78 is 32.0. The molecule has 7 aromatic rings. The molecule has 7 rings (SSSR count). The predicted molar refractivity (Wildman–Crippen MR) is 253 cm³/mol. The largest absolute Gasteiger partial charge is 0.553 e. The number of rotatable bonds is 21. The number of ketones is 2. The van der Waals surface area contributed by atoms with Crippen molar-refractivity contribution in [2.75, 3.05) is 13.7 Å². The standard InChI is InChI=1S/C55H51NO7P.Y/c1-41-28-32-48(39-53(41)61-2)62-37-36-54(59)56-51(35-31-46(57)40-55(43-18-8-3-9-19-43,44-20-10-4-11-21-44)45-22-12-5-13-23-45)52(58)38-42-29-33-47(34-30-42)63-64(60,49-24-14-6-15-25-49)50-26-16-7-17-27-50;/h3-30,32-34,39,51H,1,31,35-38,40H2,2H3,(H,56,59);/q-1;. The summed E-state index contributed by atoms with van der Waals surface area (Å²) in [6.45, 7) is 3.99. The molecule has 1 atom stereocenters. The van der Waals surface area contributed by atoms with Crippen molar-refractivity contribution in [2.24, 2.45) is 0 Å². The van der Waals surface area contributed by atoms with Crippen LogP contribution in [0.4, 0.5) is 0 Å². The van der Waals surface area contributed by atoms with Crippen LogP contribution < -0.4 is 29.9 Å². The molecular weight excluding hydrogens is 906 g/mol. The number of carbonyl (C=O) groups is 3. The third-order valence-electron chi connectivity index (χ3n) is 11.3. The van der Waals surface area contributed by atoms with Gasteiger partial charge in [-0.05, 0) is 71.1 Å². The molecule has 327 valence electrons. The third kappa shape index (κ3) is 12.2. The van der Waals surface area contributed by atoms with Crippen LogP contribution >= 0.6 is 7.37 Å². The van der Waals surface area contributed by atoms with Gasteiger partial charge in [-0.2, -0.15) is 18.6 Å². The van der Waals surface area contributed by atoms with Crippen molar-refractivity contribution in [3.8, 4) is 17.2 Å². The molecule has 1 N–H and O–H groups in total. The number of amides is 1. The SMILES string of the molecule is [CH2-]c1ccc(OCCC(=O)NC(CCC(=O)CC(c2ccccc2)(c2ccccc2)c2ccccc2)C(=O)Cc2ccc(OP(=O)(c3ccccc3)c3ccccc3)cc2)cc1OC.[Y]. The maximum Gasteiger partial charge on any atom is 0.306 e. The molecule has 0 fully saturated rings. The first-order chi connectivity index (χ1) is 31.2. The topological polar surface area (TPSA) is 108 Å². The Labute approximate surface area is 407 Å². The quantitative estimate of drug-likeness (QED) is 0.0434. The number of methoxy groups -OCH3 is 1. The average Bonchev–Trinajstić information content (AvgIpc) is 3.34. The number of nitrogens with one attached hydrogen (secondary N) is 1. The van der Waals surface area contributed by atoms with Gasteiger partial charge in [-0.15, -0.1) is 0 Å². The van der Waals surface area contributed by atoms with Crippen molar-refractivity contribution in [2.45, 2.75) is 43.6 Å². The Bertz CT molecular complexity index is 2530.